The van der Waals surface area contributed by atoms with E-state index in [-0.39, 0.29) is 5.41 Å². The molecule has 0 atom stereocenters. The third-order valence-electron chi connectivity index (χ3n) is 3.27. The van der Waals surface area contributed by atoms with Crippen LogP contribution in [0, 0.1) is 0 Å². The average Bonchev–Trinajstić information content (AvgIpc) is 2.83. The van der Waals surface area contributed by atoms with E-state index in [1.165, 1.54) is 0 Å². The topological polar surface area (TPSA) is 64.9 Å². The van der Waals surface area contributed by atoms with Crippen molar-refractivity contribution in [2.24, 2.45) is 0 Å². The molecule has 0 spiro atoms. The van der Waals surface area contributed by atoms with Crippen molar-refractivity contribution in [3.63, 3.8) is 0 Å². The van der Waals surface area contributed by atoms with Crippen LogP contribution in [0.15, 0.2) is 40.9 Å². The van der Waals surface area contributed by atoms with Gasteiger partial charge >= 0.3 is 0 Å². The monoisotopic (exact) mass is 267 g/mol. The van der Waals surface area contributed by atoms with Crippen molar-refractivity contribution >= 4 is 16.8 Å². The molecule has 0 saturated carbocycles. The second-order valence-electron chi connectivity index (χ2n) is 5.90. The fraction of sp³-hybridized carbons (Fsp3) is 0.250. The minimum atomic E-state index is 0.0203. The van der Waals surface area contributed by atoms with Gasteiger partial charge in [-0.3, -0.25) is 4.98 Å². The van der Waals surface area contributed by atoms with Gasteiger partial charge in [0.05, 0.1) is 5.69 Å². The zero-order chi connectivity index (χ0) is 14.3. The Bertz CT molecular complexity index is 754. The van der Waals surface area contributed by atoms with Gasteiger partial charge in [0.2, 0.25) is 5.89 Å². The standard InChI is InChI=1S/C16H17N3O/c1-16(2,3)10-8-11(17)14-13(9-10)19-15(20-14)12-6-4-5-7-18-12/h4-9H,17H2,1-3H3. The van der Waals surface area contributed by atoms with Crippen molar-refractivity contribution in [1.82, 2.24) is 9.97 Å². The molecule has 0 saturated heterocycles. The smallest absolute Gasteiger partial charge is 0.246 e. The number of nitrogen functional groups attached to an aromatic ring is 1. The summed E-state index contributed by atoms with van der Waals surface area (Å²) in [7, 11) is 0. The zero-order valence-corrected chi connectivity index (χ0v) is 11.8. The van der Waals surface area contributed by atoms with E-state index in [1.807, 2.05) is 30.3 Å². The number of fused-ring (bicyclic) bond motifs is 1. The van der Waals surface area contributed by atoms with E-state index >= 15 is 0 Å². The third-order valence-corrected chi connectivity index (χ3v) is 3.27. The van der Waals surface area contributed by atoms with Gasteiger partial charge in [-0.05, 0) is 35.2 Å². The van der Waals surface area contributed by atoms with Crippen molar-refractivity contribution in [1.29, 1.82) is 0 Å². The Labute approximate surface area is 117 Å². The average molecular weight is 267 g/mol. The highest BCUT2D eigenvalue weighted by molar-refractivity contribution is 5.87. The highest BCUT2D eigenvalue weighted by Gasteiger charge is 2.18. The molecule has 0 aliphatic heterocycles. The molecular weight excluding hydrogens is 250 g/mol. The second kappa shape index (κ2) is 4.34. The number of nitrogens with two attached hydrogens (primary N) is 1. The Morgan fingerprint density at radius 3 is 2.60 bits per heavy atom. The number of nitrogens with zero attached hydrogens (tertiary/aromatic N) is 2. The lowest BCUT2D eigenvalue weighted by Crippen LogP contribution is -2.11. The molecule has 2 heterocycles. The molecule has 20 heavy (non-hydrogen) atoms. The molecule has 1 aromatic carbocycles. The van der Waals surface area contributed by atoms with E-state index in [4.69, 9.17) is 10.2 Å². The quantitative estimate of drug-likeness (QED) is 0.682. The highest BCUT2D eigenvalue weighted by Crippen LogP contribution is 2.32. The molecule has 0 amide bonds. The lowest BCUT2D eigenvalue weighted by atomic mass is 9.86. The maximum Gasteiger partial charge on any atom is 0.246 e. The number of rotatable bonds is 1. The number of pyridine rings is 1. The van der Waals surface area contributed by atoms with Gasteiger partial charge in [-0.25, -0.2) is 4.98 Å². The van der Waals surface area contributed by atoms with Gasteiger partial charge in [-0.15, -0.1) is 0 Å². The molecular formula is C16H17N3O. The van der Waals surface area contributed by atoms with Gasteiger partial charge in [-0.1, -0.05) is 26.8 Å². The van der Waals surface area contributed by atoms with Crippen LogP contribution in [0.3, 0.4) is 0 Å². The molecule has 0 bridgehead atoms. The van der Waals surface area contributed by atoms with E-state index in [9.17, 15) is 0 Å². The molecule has 0 unspecified atom stereocenters. The van der Waals surface area contributed by atoms with Crippen LogP contribution in [0.5, 0.6) is 0 Å². The van der Waals surface area contributed by atoms with E-state index < -0.39 is 0 Å². The van der Waals surface area contributed by atoms with Gasteiger partial charge in [0.1, 0.15) is 11.2 Å². The van der Waals surface area contributed by atoms with Crippen molar-refractivity contribution < 1.29 is 4.42 Å². The van der Waals surface area contributed by atoms with E-state index in [2.05, 4.69) is 30.7 Å². The van der Waals surface area contributed by atoms with E-state index in [0.717, 1.165) is 11.1 Å². The first-order valence-corrected chi connectivity index (χ1v) is 6.57. The number of oxazole rings is 1. The van der Waals surface area contributed by atoms with Gasteiger partial charge in [0, 0.05) is 6.20 Å². The molecule has 102 valence electrons. The number of aromatic nitrogens is 2. The molecule has 0 fully saturated rings. The Balaban J connectivity index is 2.19. The Morgan fingerprint density at radius 2 is 1.95 bits per heavy atom. The molecule has 0 aliphatic carbocycles. The minimum absolute atomic E-state index is 0.0203. The van der Waals surface area contributed by atoms with Crippen molar-refractivity contribution in [2.75, 3.05) is 5.73 Å². The van der Waals surface area contributed by atoms with Crippen LogP contribution in [0.25, 0.3) is 22.7 Å². The van der Waals surface area contributed by atoms with Crippen LogP contribution in [0.2, 0.25) is 0 Å². The lowest BCUT2D eigenvalue weighted by molar-refractivity contribution is 0.590. The first-order chi connectivity index (χ1) is 9.45. The van der Waals surface area contributed by atoms with Gasteiger partial charge < -0.3 is 10.2 Å². The van der Waals surface area contributed by atoms with Crippen LogP contribution in [-0.2, 0) is 5.41 Å². The first kappa shape index (κ1) is 12.7. The third kappa shape index (κ3) is 2.13. The van der Waals surface area contributed by atoms with Gasteiger partial charge in [-0.2, -0.15) is 0 Å². The highest BCUT2D eigenvalue weighted by atomic mass is 16.3. The van der Waals surface area contributed by atoms with Gasteiger partial charge in [0.25, 0.3) is 0 Å². The summed E-state index contributed by atoms with van der Waals surface area (Å²) in [4.78, 5) is 8.76. The Morgan fingerprint density at radius 1 is 1.15 bits per heavy atom. The summed E-state index contributed by atoms with van der Waals surface area (Å²) in [6.45, 7) is 6.44. The Hall–Kier alpha value is -2.36. The minimum Gasteiger partial charge on any atom is -0.432 e. The molecule has 3 aromatic rings. The number of anilines is 1. The predicted octanol–water partition coefficient (Wildman–Crippen LogP) is 3.77. The van der Waals surface area contributed by atoms with Crippen LogP contribution >= 0.6 is 0 Å². The molecule has 0 aliphatic rings. The summed E-state index contributed by atoms with van der Waals surface area (Å²) in [5.74, 6) is 0.498. The first-order valence-electron chi connectivity index (χ1n) is 6.57. The molecule has 4 nitrogen and oxygen atoms in total. The van der Waals surface area contributed by atoms with E-state index in [0.29, 0.717) is 22.9 Å². The molecule has 3 rings (SSSR count). The second-order valence-corrected chi connectivity index (χ2v) is 5.90. The molecule has 0 radical (unpaired) electrons. The molecule has 2 N–H and O–H groups in total. The van der Waals surface area contributed by atoms with Crippen LogP contribution in [-0.4, -0.2) is 9.97 Å². The predicted molar refractivity (Wildman–Crippen MR) is 80.4 cm³/mol. The summed E-state index contributed by atoms with van der Waals surface area (Å²) in [6.07, 6.45) is 1.72. The normalized spacial score (nSPS) is 11.9. The summed E-state index contributed by atoms with van der Waals surface area (Å²) in [5, 5.41) is 0. The summed E-state index contributed by atoms with van der Waals surface area (Å²) in [5.41, 5.74) is 9.97. The number of hydrogen-bond acceptors (Lipinski definition) is 4. The summed E-state index contributed by atoms with van der Waals surface area (Å²) < 4.78 is 5.75. The summed E-state index contributed by atoms with van der Waals surface area (Å²) >= 11 is 0. The molecule has 4 heteroatoms. The van der Waals surface area contributed by atoms with Crippen LogP contribution in [0.4, 0.5) is 5.69 Å². The number of benzene rings is 1. The van der Waals surface area contributed by atoms with E-state index in [1.54, 1.807) is 6.20 Å². The van der Waals surface area contributed by atoms with Crippen molar-refractivity contribution in [2.45, 2.75) is 26.2 Å². The van der Waals surface area contributed by atoms with Crippen molar-refractivity contribution in [3.8, 4) is 11.6 Å². The van der Waals surface area contributed by atoms with Gasteiger partial charge in [0.15, 0.2) is 5.58 Å². The maximum atomic E-state index is 6.09. The SMILES string of the molecule is CC(C)(C)c1cc(N)c2oc(-c3ccccn3)nc2c1. The Kier molecular flexibility index (Phi) is 2.74. The fourth-order valence-corrected chi connectivity index (χ4v) is 2.09. The van der Waals surface area contributed by atoms with Crippen LogP contribution in [0.1, 0.15) is 26.3 Å². The lowest BCUT2D eigenvalue weighted by Gasteiger charge is -2.19. The van der Waals surface area contributed by atoms with Crippen molar-refractivity contribution in [3.05, 3.63) is 42.1 Å². The molecule has 2 aromatic heterocycles. The fourth-order valence-electron chi connectivity index (χ4n) is 2.09. The summed E-state index contributed by atoms with van der Waals surface area (Å²) in [6, 6.07) is 9.61. The number of hydrogen-bond donors (Lipinski definition) is 1. The van der Waals surface area contributed by atoms with Crippen LogP contribution < -0.4 is 5.73 Å². The maximum absolute atomic E-state index is 6.09. The largest absolute Gasteiger partial charge is 0.432 e. The zero-order valence-electron chi connectivity index (χ0n) is 11.8.